The van der Waals surface area contributed by atoms with Crippen LogP contribution in [0.15, 0.2) is 18.2 Å². The lowest BCUT2D eigenvalue weighted by Crippen LogP contribution is -2.37. The SMILES string of the molecule is CNCc1ccc2c(c1)CC(=O)N2C(C)CCN. The highest BCUT2D eigenvalue weighted by Gasteiger charge is 2.30. The van der Waals surface area contributed by atoms with Crippen LogP contribution >= 0.6 is 0 Å². The van der Waals surface area contributed by atoms with E-state index in [9.17, 15) is 4.79 Å². The second-order valence-corrected chi connectivity index (χ2v) is 4.86. The van der Waals surface area contributed by atoms with Crippen LogP contribution in [-0.4, -0.2) is 25.5 Å². The summed E-state index contributed by atoms with van der Waals surface area (Å²) in [6.07, 6.45) is 1.35. The molecule has 1 aliphatic rings. The lowest BCUT2D eigenvalue weighted by atomic mass is 10.1. The van der Waals surface area contributed by atoms with Gasteiger partial charge in [0.15, 0.2) is 0 Å². The Morgan fingerprint density at radius 3 is 2.94 bits per heavy atom. The molecule has 0 aliphatic carbocycles. The first kappa shape index (κ1) is 13.1. The molecule has 0 saturated carbocycles. The van der Waals surface area contributed by atoms with Gasteiger partial charge < -0.3 is 16.0 Å². The molecule has 1 aromatic carbocycles. The summed E-state index contributed by atoms with van der Waals surface area (Å²) in [5.41, 5.74) is 8.99. The third kappa shape index (κ3) is 2.40. The Morgan fingerprint density at radius 2 is 2.28 bits per heavy atom. The first-order valence-electron chi connectivity index (χ1n) is 6.46. The van der Waals surface area contributed by atoms with Crippen LogP contribution in [0.5, 0.6) is 0 Å². The first-order chi connectivity index (χ1) is 8.67. The minimum Gasteiger partial charge on any atom is -0.330 e. The molecule has 1 unspecified atom stereocenters. The van der Waals surface area contributed by atoms with E-state index in [0.29, 0.717) is 13.0 Å². The number of benzene rings is 1. The van der Waals surface area contributed by atoms with Crippen LogP contribution in [0.25, 0.3) is 0 Å². The molecule has 18 heavy (non-hydrogen) atoms. The molecule has 1 amide bonds. The molecule has 0 aromatic heterocycles. The van der Waals surface area contributed by atoms with Gasteiger partial charge in [-0.15, -0.1) is 0 Å². The van der Waals surface area contributed by atoms with Crippen LogP contribution in [0.3, 0.4) is 0 Å². The van der Waals surface area contributed by atoms with Gasteiger partial charge in [0.2, 0.25) is 5.91 Å². The predicted molar refractivity (Wildman–Crippen MR) is 73.5 cm³/mol. The number of nitrogens with two attached hydrogens (primary N) is 1. The number of nitrogens with zero attached hydrogens (tertiary/aromatic N) is 1. The Kier molecular flexibility index (Phi) is 3.99. The van der Waals surface area contributed by atoms with E-state index in [2.05, 4.69) is 30.4 Å². The molecule has 1 heterocycles. The molecule has 0 fully saturated rings. The highest BCUT2D eigenvalue weighted by atomic mass is 16.2. The van der Waals surface area contributed by atoms with E-state index in [1.807, 2.05) is 11.9 Å². The average molecular weight is 247 g/mol. The number of rotatable bonds is 5. The number of fused-ring (bicyclic) bond motifs is 1. The summed E-state index contributed by atoms with van der Waals surface area (Å²) in [4.78, 5) is 14.0. The molecule has 3 N–H and O–H groups in total. The second-order valence-electron chi connectivity index (χ2n) is 4.86. The van der Waals surface area contributed by atoms with Crippen LogP contribution < -0.4 is 16.0 Å². The molecule has 1 atom stereocenters. The molecule has 98 valence electrons. The molecule has 0 saturated heterocycles. The molecular weight excluding hydrogens is 226 g/mol. The number of carbonyl (C=O) groups excluding carboxylic acids is 1. The van der Waals surface area contributed by atoms with Crippen molar-refractivity contribution in [2.75, 3.05) is 18.5 Å². The smallest absolute Gasteiger partial charge is 0.231 e. The molecule has 0 spiro atoms. The van der Waals surface area contributed by atoms with E-state index in [0.717, 1.165) is 24.2 Å². The number of carbonyl (C=O) groups is 1. The Balaban J connectivity index is 2.26. The van der Waals surface area contributed by atoms with Crippen molar-refractivity contribution >= 4 is 11.6 Å². The zero-order valence-corrected chi connectivity index (χ0v) is 11.1. The average Bonchev–Trinajstić information content (AvgIpc) is 2.65. The van der Waals surface area contributed by atoms with Gasteiger partial charge in [0.25, 0.3) is 0 Å². The van der Waals surface area contributed by atoms with E-state index >= 15 is 0 Å². The van der Waals surface area contributed by atoms with Crippen molar-refractivity contribution in [3.8, 4) is 0 Å². The van der Waals surface area contributed by atoms with Gasteiger partial charge in [-0.25, -0.2) is 0 Å². The second kappa shape index (κ2) is 5.50. The maximum Gasteiger partial charge on any atom is 0.231 e. The Hall–Kier alpha value is -1.39. The van der Waals surface area contributed by atoms with Gasteiger partial charge in [0, 0.05) is 18.3 Å². The minimum atomic E-state index is 0.180. The zero-order valence-electron chi connectivity index (χ0n) is 11.1. The van der Waals surface area contributed by atoms with Crippen LogP contribution in [0, 0.1) is 0 Å². The maximum absolute atomic E-state index is 12.1. The predicted octanol–water partition coefficient (Wildman–Crippen LogP) is 1.03. The lowest BCUT2D eigenvalue weighted by molar-refractivity contribution is -0.117. The largest absolute Gasteiger partial charge is 0.330 e. The van der Waals surface area contributed by atoms with E-state index in [1.54, 1.807) is 0 Å². The van der Waals surface area contributed by atoms with E-state index < -0.39 is 0 Å². The topological polar surface area (TPSA) is 58.4 Å². The van der Waals surface area contributed by atoms with Crippen LogP contribution in [-0.2, 0) is 17.8 Å². The number of anilines is 1. The first-order valence-corrected chi connectivity index (χ1v) is 6.46. The Morgan fingerprint density at radius 1 is 1.50 bits per heavy atom. The van der Waals surface area contributed by atoms with Crippen LogP contribution in [0.2, 0.25) is 0 Å². The molecule has 0 bridgehead atoms. The van der Waals surface area contributed by atoms with E-state index in [-0.39, 0.29) is 11.9 Å². The standard InChI is InChI=1S/C14H21N3O/c1-10(5-6-15)17-13-4-3-11(9-16-2)7-12(13)8-14(17)18/h3-4,7,10,16H,5-6,8-9,15H2,1-2H3. The minimum absolute atomic E-state index is 0.180. The third-order valence-corrected chi connectivity index (χ3v) is 3.42. The summed E-state index contributed by atoms with van der Waals surface area (Å²) >= 11 is 0. The van der Waals surface area contributed by atoms with Crippen molar-refractivity contribution in [3.05, 3.63) is 29.3 Å². The van der Waals surface area contributed by atoms with Gasteiger partial charge in [0.05, 0.1) is 6.42 Å². The normalized spacial score (nSPS) is 15.9. The molecule has 1 aromatic rings. The van der Waals surface area contributed by atoms with Crippen LogP contribution in [0.1, 0.15) is 24.5 Å². The number of amides is 1. The fourth-order valence-corrected chi connectivity index (χ4v) is 2.57. The molecule has 1 aliphatic heterocycles. The summed E-state index contributed by atoms with van der Waals surface area (Å²) in [7, 11) is 1.92. The van der Waals surface area contributed by atoms with Gasteiger partial charge >= 0.3 is 0 Å². The highest BCUT2D eigenvalue weighted by molar-refractivity contribution is 6.01. The van der Waals surface area contributed by atoms with Gasteiger partial charge in [0.1, 0.15) is 0 Å². The monoisotopic (exact) mass is 247 g/mol. The van der Waals surface area contributed by atoms with Crippen molar-refractivity contribution in [3.63, 3.8) is 0 Å². The number of hydrogen-bond acceptors (Lipinski definition) is 3. The summed E-state index contributed by atoms with van der Waals surface area (Å²) in [5.74, 6) is 0.188. The maximum atomic E-state index is 12.1. The molecule has 4 heteroatoms. The van der Waals surface area contributed by atoms with Crippen molar-refractivity contribution in [1.29, 1.82) is 0 Å². The van der Waals surface area contributed by atoms with Crippen molar-refractivity contribution in [2.45, 2.75) is 32.4 Å². The molecular formula is C14H21N3O. The van der Waals surface area contributed by atoms with E-state index in [1.165, 1.54) is 5.56 Å². The lowest BCUT2D eigenvalue weighted by Gasteiger charge is -2.25. The highest BCUT2D eigenvalue weighted by Crippen LogP contribution is 2.31. The van der Waals surface area contributed by atoms with Gasteiger partial charge in [-0.2, -0.15) is 0 Å². The summed E-state index contributed by atoms with van der Waals surface area (Å²) in [5, 5.41) is 3.13. The summed E-state index contributed by atoms with van der Waals surface area (Å²) < 4.78 is 0. The van der Waals surface area contributed by atoms with Crippen LogP contribution in [0.4, 0.5) is 5.69 Å². The summed E-state index contributed by atoms with van der Waals surface area (Å²) in [6.45, 7) is 3.50. The van der Waals surface area contributed by atoms with Gasteiger partial charge in [-0.3, -0.25) is 4.79 Å². The number of hydrogen-bond donors (Lipinski definition) is 2. The van der Waals surface area contributed by atoms with Crippen molar-refractivity contribution < 1.29 is 4.79 Å². The number of nitrogens with one attached hydrogen (secondary N) is 1. The zero-order chi connectivity index (χ0) is 13.1. The molecule has 0 radical (unpaired) electrons. The summed E-state index contributed by atoms with van der Waals surface area (Å²) in [6, 6.07) is 6.44. The van der Waals surface area contributed by atoms with Crippen molar-refractivity contribution in [1.82, 2.24) is 5.32 Å². The van der Waals surface area contributed by atoms with Gasteiger partial charge in [-0.05, 0) is 44.1 Å². The molecule has 2 rings (SSSR count). The third-order valence-electron chi connectivity index (χ3n) is 3.42. The van der Waals surface area contributed by atoms with E-state index in [4.69, 9.17) is 5.73 Å². The fraction of sp³-hybridized carbons (Fsp3) is 0.500. The Labute approximate surface area is 108 Å². The fourth-order valence-electron chi connectivity index (χ4n) is 2.57. The van der Waals surface area contributed by atoms with Crippen molar-refractivity contribution in [2.24, 2.45) is 5.73 Å². The quantitative estimate of drug-likeness (QED) is 0.817. The Bertz CT molecular complexity index is 445. The molecule has 4 nitrogen and oxygen atoms in total. The van der Waals surface area contributed by atoms with Gasteiger partial charge in [-0.1, -0.05) is 12.1 Å².